The Kier molecular flexibility index (Phi) is 5.98. The molecule has 238 valence electrons. The standard InChI is InChI=1S/C47H31N4/c1-3-13-31(14-4-1)33-25-34(32-15-5-2-6-16-32)27-35(26-33)50-43-21-11-12-22-44(43)51-46-30-48-24-23-39(46)40-28-36(29-45(50)47(40)51)49-41-19-9-7-17-37(41)38-18-8-10-20-42(38)49/h1-30,47H/q+1. The predicted octanol–water partition coefficient (Wildman–Crippen LogP) is 11.3. The molecule has 0 spiro atoms. The van der Waals surface area contributed by atoms with Gasteiger partial charge in [0.1, 0.15) is 11.7 Å². The molecule has 6 aromatic carbocycles. The van der Waals surface area contributed by atoms with E-state index in [1.807, 2.05) is 12.4 Å². The van der Waals surface area contributed by atoms with E-state index in [1.165, 1.54) is 66.6 Å². The van der Waals surface area contributed by atoms with Gasteiger partial charge in [0, 0.05) is 46.8 Å². The molecule has 4 heterocycles. The van der Waals surface area contributed by atoms with Crippen LogP contribution in [-0.4, -0.2) is 21.3 Å². The molecule has 0 radical (unpaired) electrons. The normalized spacial score (nSPS) is 15.8. The highest BCUT2D eigenvalue weighted by atomic mass is 15.3. The highest BCUT2D eigenvalue weighted by Gasteiger charge is 2.49. The number of benzene rings is 6. The molecule has 1 unspecified atom stereocenters. The van der Waals surface area contributed by atoms with Crippen LogP contribution in [0.4, 0.5) is 22.7 Å². The molecular formula is C47H31N4+. The van der Waals surface area contributed by atoms with Gasteiger partial charge in [0.05, 0.1) is 28.6 Å². The topological polar surface area (TPSA) is 24.1 Å². The van der Waals surface area contributed by atoms with Gasteiger partial charge in [-0.25, -0.2) is 0 Å². The molecule has 0 fully saturated rings. The Labute approximate surface area is 295 Å². The van der Waals surface area contributed by atoms with Crippen LogP contribution in [-0.2, 0) is 0 Å². The average Bonchev–Trinajstić information content (AvgIpc) is 3.72. The Balaban J connectivity index is 1.26. The van der Waals surface area contributed by atoms with Crippen LogP contribution in [0.25, 0.3) is 55.3 Å². The van der Waals surface area contributed by atoms with Crippen LogP contribution >= 0.6 is 0 Å². The zero-order chi connectivity index (χ0) is 33.5. The van der Waals surface area contributed by atoms with Gasteiger partial charge in [-0.15, -0.1) is 0 Å². The first-order valence-electron chi connectivity index (χ1n) is 17.5. The SMILES string of the molecule is C1=C2c3ccncc3N3c4ccccc4[N+](c4cc(-c5ccccc5)cc(-c5ccccc5)c4)=C(C=C1n1c4ccccc4c4ccccc41)C23. The lowest BCUT2D eigenvalue weighted by atomic mass is 9.90. The molecule has 4 heteroatoms. The molecule has 0 saturated heterocycles. The lowest BCUT2D eigenvalue weighted by molar-refractivity contribution is 0.928. The highest BCUT2D eigenvalue weighted by molar-refractivity contribution is 6.25. The quantitative estimate of drug-likeness (QED) is 0.177. The molecule has 1 atom stereocenters. The second kappa shape index (κ2) is 10.9. The minimum absolute atomic E-state index is 0.0171. The van der Waals surface area contributed by atoms with Crippen molar-refractivity contribution >= 4 is 61.5 Å². The minimum atomic E-state index is -0.0171. The van der Waals surface area contributed by atoms with Gasteiger partial charge in [-0.2, -0.15) is 4.58 Å². The summed E-state index contributed by atoms with van der Waals surface area (Å²) in [5, 5.41) is 2.51. The van der Waals surface area contributed by atoms with E-state index in [-0.39, 0.29) is 6.04 Å². The first-order valence-corrected chi connectivity index (χ1v) is 17.5. The number of nitrogens with zero attached hydrogens (tertiary/aromatic N) is 4. The number of para-hydroxylation sites is 4. The number of allylic oxidation sites excluding steroid dienone is 2. The van der Waals surface area contributed by atoms with Gasteiger partial charge in [-0.1, -0.05) is 109 Å². The van der Waals surface area contributed by atoms with Gasteiger partial charge >= 0.3 is 0 Å². The van der Waals surface area contributed by atoms with Crippen LogP contribution in [0.2, 0.25) is 0 Å². The minimum Gasteiger partial charge on any atom is -0.316 e. The molecule has 0 saturated carbocycles. The summed E-state index contributed by atoms with van der Waals surface area (Å²) in [6.45, 7) is 0. The van der Waals surface area contributed by atoms with Gasteiger partial charge in [-0.3, -0.25) is 4.98 Å². The number of rotatable bonds is 4. The molecule has 2 aliphatic heterocycles. The second-order valence-electron chi connectivity index (χ2n) is 13.5. The Morgan fingerprint density at radius 1 is 0.529 bits per heavy atom. The van der Waals surface area contributed by atoms with Crippen molar-refractivity contribution in [2.24, 2.45) is 0 Å². The molecule has 3 aliphatic rings. The van der Waals surface area contributed by atoms with Crippen LogP contribution in [0.5, 0.6) is 0 Å². The van der Waals surface area contributed by atoms with Crippen molar-refractivity contribution in [2.75, 3.05) is 4.90 Å². The molecule has 11 rings (SSSR count). The summed E-state index contributed by atoms with van der Waals surface area (Å²) in [4.78, 5) is 7.13. The third kappa shape index (κ3) is 4.14. The van der Waals surface area contributed by atoms with Crippen molar-refractivity contribution in [1.82, 2.24) is 14.1 Å². The Morgan fingerprint density at radius 3 is 1.82 bits per heavy atom. The van der Waals surface area contributed by atoms with E-state index in [0.29, 0.717) is 0 Å². The summed E-state index contributed by atoms with van der Waals surface area (Å²) in [5.74, 6) is 0. The Bertz CT molecular complexity index is 2690. The van der Waals surface area contributed by atoms with Crippen LogP contribution in [0.1, 0.15) is 5.56 Å². The fourth-order valence-electron chi connectivity index (χ4n) is 8.53. The lowest BCUT2D eigenvalue weighted by Gasteiger charge is -2.33. The van der Waals surface area contributed by atoms with Crippen molar-refractivity contribution in [2.45, 2.75) is 6.04 Å². The van der Waals surface area contributed by atoms with Gasteiger partial charge in [0.2, 0.25) is 17.1 Å². The van der Waals surface area contributed by atoms with E-state index in [0.717, 1.165) is 22.8 Å². The number of pyridine rings is 1. The first kappa shape index (κ1) is 28.1. The number of fused-ring (bicyclic) bond motifs is 8. The van der Waals surface area contributed by atoms with Crippen LogP contribution in [0.15, 0.2) is 182 Å². The maximum Gasteiger partial charge on any atom is 0.235 e. The molecule has 0 amide bonds. The van der Waals surface area contributed by atoms with Gasteiger partial charge < -0.3 is 9.47 Å². The van der Waals surface area contributed by atoms with Crippen LogP contribution < -0.4 is 9.48 Å². The van der Waals surface area contributed by atoms with Crippen molar-refractivity contribution in [3.8, 4) is 22.3 Å². The average molecular weight is 652 g/mol. The molecule has 0 N–H and O–H groups in total. The number of hydrogen-bond donors (Lipinski definition) is 0. The zero-order valence-electron chi connectivity index (χ0n) is 27.7. The van der Waals surface area contributed by atoms with E-state index >= 15 is 0 Å². The molecule has 51 heavy (non-hydrogen) atoms. The molecule has 4 nitrogen and oxygen atoms in total. The van der Waals surface area contributed by atoms with Crippen LogP contribution in [0.3, 0.4) is 0 Å². The summed E-state index contributed by atoms with van der Waals surface area (Å²) >= 11 is 0. The fraction of sp³-hybridized carbons (Fsp3) is 0.0213. The second-order valence-corrected chi connectivity index (χ2v) is 13.5. The van der Waals surface area contributed by atoms with E-state index in [9.17, 15) is 0 Å². The van der Waals surface area contributed by atoms with E-state index < -0.39 is 0 Å². The third-order valence-electron chi connectivity index (χ3n) is 10.7. The zero-order valence-corrected chi connectivity index (χ0v) is 27.7. The smallest absolute Gasteiger partial charge is 0.235 e. The van der Waals surface area contributed by atoms with Crippen molar-refractivity contribution < 1.29 is 0 Å². The lowest BCUT2D eigenvalue weighted by Crippen LogP contribution is -2.44. The highest BCUT2D eigenvalue weighted by Crippen LogP contribution is 2.53. The monoisotopic (exact) mass is 651 g/mol. The van der Waals surface area contributed by atoms with Crippen LogP contribution in [0, 0.1) is 0 Å². The predicted molar refractivity (Wildman–Crippen MR) is 212 cm³/mol. The number of anilines is 2. The van der Waals surface area contributed by atoms with E-state index in [2.05, 4.69) is 189 Å². The third-order valence-corrected chi connectivity index (χ3v) is 10.7. The summed E-state index contributed by atoms with van der Waals surface area (Å²) < 4.78 is 4.95. The molecule has 2 aromatic heterocycles. The van der Waals surface area contributed by atoms with Gasteiger partial charge in [-0.05, 0) is 64.2 Å². The van der Waals surface area contributed by atoms with Crippen molar-refractivity contribution in [1.29, 1.82) is 0 Å². The number of hydrogen-bond acceptors (Lipinski definition) is 2. The molecular weight excluding hydrogens is 621 g/mol. The first-order chi connectivity index (χ1) is 25.3. The summed E-state index contributed by atoms with van der Waals surface area (Å²) in [7, 11) is 0. The summed E-state index contributed by atoms with van der Waals surface area (Å²) in [6, 6.07) is 57.0. The molecule has 0 bridgehead atoms. The van der Waals surface area contributed by atoms with Gasteiger partial charge in [0.15, 0.2) is 0 Å². The van der Waals surface area contributed by atoms with Crippen molar-refractivity contribution in [3.05, 3.63) is 188 Å². The largest absolute Gasteiger partial charge is 0.316 e. The Morgan fingerprint density at radius 2 is 1.14 bits per heavy atom. The fourth-order valence-corrected chi connectivity index (χ4v) is 8.53. The summed E-state index contributed by atoms with van der Waals surface area (Å²) in [6.07, 6.45) is 8.79. The molecule has 1 aliphatic carbocycles. The van der Waals surface area contributed by atoms with E-state index in [1.54, 1.807) is 0 Å². The molecule has 8 aromatic rings. The maximum absolute atomic E-state index is 4.64. The maximum atomic E-state index is 4.64. The van der Waals surface area contributed by atoms with E-state index in [4.69, 9.17) is 0 Å². The van der Waals surface area contributed by atoms with Gasteiger partial charge in [0.25, 0.3) is 0 Å². The number of aromatic nitrogens is 2. The Hall–Kier alpha value is -6.78. The van der Waals surface area contributed by atoms with Crippen molar-refractivity contribution in [3.63, 3.8) is 0 Å². The summed E-state index contributed by atoms with van der Waals surface area (Å²) in [5.41, 5.74) is 16.6.